The number of aliphatic hydroxyl groups is 1. The number of nitrogens with zero attached hydrogens (tertiary/aromatic N) is 2. The highest BCUT2D eigenvalue weighted by atomic mass is 16.3. The lowest BCUT2D eigenvalue weighted by Gasteiger charge is -2.14. The Bertz CT molecular complexity index is 265. The molecule has 1 aromatic heterocycles. The molecule has 1 N–H and O–H groups in total. The molecule has 4 nitrogen and oxygen atoms in total. The van der Waals surface area contributed by atoms with Crippen molar-refractivity contribution in [1.82, 2.24) is 9.55 Å². The van der Waals surface area contributed by atoms with Gasteiger partial charge in [0.25, 0.3) is 0 Å². The van der Waals surface area contributed by atoms with E-state index in [1.807, 2.05) is 0 Å². The Balaban J connectivity index is 3.10. The maximum Gasteiger partial charge on any atom is 0.174 e. The Labute approximate surface area is 64.5 Å². The summed E-state index contributed by atoms with van der Waals surface area (Å²) in [4.78, 5) is 14.2. The molecule has 0 radical (unpaired) electrons. The highest BCUT2D eigenvalue weighted by Gasteiger charge is 2.26. The molecule has 60 valence electrons. The van der Waals surface area contributed by atoms with E-state index in [1.165, 1.54) is 13.1 Å². The van der Waals surface area contributed by atoms with Crippen LogP contribution in [0.4, 0.5) is 0 Å². The first-order valence-corrected chi connectivity index (χ1v) is 3.24. The fourth-order valence-electron chi connectivity index (χ4n) is 0.906. The first kappa shape index (κ1) is 7.94. The molecule has 0 amide bonds. The Morgan fingerprint density at radius 3 is 2.82 bits per heavy atom. The van der Waals surface area contributed by atoms with Crippen LogP contribution in [0.15, 0.2) is 12.4 Å². The van der Waals surface area contributed by atoms with E-state index in [0.717, 1.165) is 0 Å². The summed E-state index contributed by atoms with van der Waals surface area (Å²) in [6, 6.07) is 0. The number of aromatic nitrogens is 2. The molecule has 1 unspecified atom stereocenters. The molecule has 11 heavy (non-hydrogen) atoms. The van der Waals surface area contributed by atoms with E-state index in [4.69, 9.17) is 0 Å². The topological polar surface area (TPSA) is 55.1 Å². The van der Waals surface area contributed by atoms with Gasteiger partial charge in [-0.1, -0.05) is 0 Å². The molecule has 1 rings (SSSR count). The second-order valence-corrected chi connectivity index (χ2v) is 2.63. The van der Waals surface area contributed by atoms with E-state index in [2.05, 4.69) is 4.98 Å². The minimum Gasteiger partial charge on any atom is -0.375 e. The Kier molecular flexibility index (Phi) is 1.78. The number of aldehydes is 1. The fourth-order valence-corrected chi connectivity index (χ4v) is 0.906. The van der Waals surface area contributed by atoms with Crippen LogP contribution < -0.4 is 0 Å². The van der Waals surface area contributed by atoms with Crippen molar-refractivity contribution in [2.75, 3.05) is 0 Å². The molecule has 0 spiro atoms. The maximum atomic E-state index is 10.4. The number of imidazole rings is 1. The quantitative estimate of drug-likeness (QED) is 0.601. The molecule has 1 aromatic rings. The van der Waals surface area contributed by atoms with Gasteiger partial charge in [0.15, 0.2) is 11.9 Å². The molecule has 0 bridgehead atoms. The van der Waals surface area contributed by atoms with Crippen LogP contribution in [0, 0.1) is 0 Å². The molecule has 0 aliphatic heterocycles. The van der Waals surface area contributed by atoms with Gasteiger partial charge in [-0.25, -0.2) is 4.98 Å². The van der Waals surface area contributed by atoms with E-state index in [1.54, 1.807) is 17.8 Å². The summed E-state index contributed by atoms with van der Waals surface area (Å²) in [5, 5.41) is 9.41. The van der Waals surface area contributed by atoms with E-state index in [0.29, 0.717) is 12.1 Å². The molecule has 0 aliphatic rings. The predicted octanol–water partition coefficient (Wildman–Crippen LogP) is -0.174. The van der Waals surface area contributed by atoms with E-state index < -0.39 is 5.60 Å². The van der Waals surface area contributed by atoms with Crippen molar-refractivity contribution in [3.63, 3.8) is 0 Å². The zero-order chi connectivity index (χ0) is 8.48. The summed E-state index contributed by atoms with van der Waals surface area (Å²) in [7, 11) is 1.72. The number of hydrogen-bond acceptors (Lipinski definition) is 3. The van der Waals surface area contributed by atoms with Crippen molar-refractivity contribution in [2.24, 2.45) is 7.05 Å². The molecule has 0 aliphatic carbocycles. The van der Waals surface area contributed by atoms with Crippen LogP contribution in [0.3, 0.4) is 0 Å². The zero-order valence-electron chi connectivity index (χ0n) is 6.48. The van der Waals surface area contributed by atoms with Gasteiger partial charge in [-0.3, -0.25) is 4.79 Å². The third kappa shape index (κ3) is 1.30. The predicted molar refractivity (Wildman–Crippen MR) is 38.8 cm³/mol. The summed E-state index contributed by atoms with van der Waals surface area (Å²) in [6.07, 6.45) is 3.68. The van der Waals surface area contributed by atoms with Gasteiger partial charge in [0, 0.05) is 19.4 Å². The first-order chi connectivity index (χ1) is 5.08. The number of carbonyl (C=O) groups excluding carboxylic acids is 1. The van der Waals surface area contributed by atoms with Crippen LogP contribution in [-0.4, -0.2) is 20.9 Å². The second-order valence-electron chi connectivity index (χ2n) is 2.63. The van der Waals surface area contributed by atoms with E-state index >= 15 is 0 Å². The first-order valence-electron chi connectivity index (χ1n) is 3.24. The Hall–Kier alpha value is -1.16. The summed E-state index contributed by atoms with van der Waals surface area (Å²) in [5.41, 5.74) is -1.47. The Morgan fingerprint density at radius 2 is 2.45 bits per heavy atom. The molecule has 4 heteroatoms. The summed E-state index contributed by atoms with van der Waals surface area (Å²) in [5.74, 6) is 0.354. The lowest BCUT2D eigenvalue weighted by atomic mass is 10.1. The summed E-state index contributed by atoms with van der Waals surface area (Å²) < 4.78 is 1.61. The fraction of sp³-hybridized carbons (Fsp3) is 0.429. The Morgan fingerprint density at radius 1 is 1.82 bits per heavy atom. The number of hydrogen-bond donors (Lipinski definition) is 1. The van der Waals surface area contributed by atoms with Gasteiger partial charge in [0.05, 0.1) is 0 Å². The smallest absolute Gasteiger partial charge is 0.174 e. The zero-order valence-corrected chi connectivity index (χ0v) is 6.48. The molecular formula is C7H10N2O2. The SMILES string of the molecule is Cn1ccnc1C(C)(O)C=O. The molecular weight excluding hydrogens is 144 g/mol. The highest BCUT2D eigenvalue weighted by molar-refractivity contribution is 5.62. The third-order valence-corrected chi connectivity index (χ3v) is 1.50. The number of carbonyl (C=O) groups is 1. The minimum atomic E-state index is -1.47. The lowest BCUT2D eigenvalue weighted by Crippen LogP contribution is -2.26. The largest absolute Gasteiger partial charge is 0.375 e. The van der Waals surface area contributed by atoms with Crippen molar-refractivity contribution >= 4 is 6.29 Å². The van der Waals surface area contributed by atoms with Gasteiger partial charge < -0.3 is 9.67 Å². The van der Waals surface area contributed by atoms with Gasteiger partial charge in [-0.2, -0.15) is 0 Å². The number of rotatable bonds is 2. The molecule has 0 saturated carbocycles. The molecule has 1 heterocycles. The van der Waals surface area contributed by atoms with E-state index in [9.17, 15) is 9.90 Å². The van der Waals surface area contributed by atoms with Crippen LogP contribution in [0.25, 0.3) is 0 Å². The van der Waals surface area contributed by atoms with Crippen molar-refractivity contribution < 1.29 is 9.90 Å². The van der Waals surface area contributed by atoms with Crippen LogP contribution in [0.2, 0.25) is 0 Å². The minimum absolute atomic E-state index is 0.354. The average molecular weight is 154 g/mol. The molecule has 0 saturated heterocycles. The lowest BCUT2D eigenvalue weighted by molar-refractivity contribution is -0.124. The van der Waals surface area contributed by atoms with Crippen molar-refractivity contribution in [2.45, 2.75) is 12.5 Å². The standard InChI is InChI=1S/C7H10N2O2/c1-7(11,5-10)6-8-3-4-9(6)2/h3-5,11H,1-2H3. The van der Waals surface area contributed by atoms with Crippen LogP contribution in [-0.2, 0) is 17.4 Å². The molecule has 0 fully saturated rings. The van der Waals surface area contributed by atoms with Crippen LogP contribution in [0.5, 0.6) is 0 Å². The van der Waals surface area contributed by atoms with Crippen LogP contribution in [0.1, 0.15) is 12.7 Å². The average Bonchev–Trinajstić information content (AvgIpc) is 2.36. The third-order valence-electron chi connectivity index (χ3n) is 1.50. The highest BCUT2D eigenvalue weighted by Crippen LogP contribution is 2.13. The second kappa shape index (κ2) is 2.47. The summed E-state index contributed by atoms with van der Waals surface area (Å²) >= 11 is 0. The van der Waals surface area contributed by atoms with Crippen molar-refractivity contribution in [1.29, 1.82) is 0 Å². The van der Waals surface area contributed by atoms with Gasteiger partial charge in [0.2, 0.25) is 0 Å². The molecule has 0 aromatic carbocycles. The van der Waals surface area contributed by atoms with Crippen molar-refractivity contribution in [3.05, 3.63) is 18.2 Å². The van der Waals surface area contributed by atoms with E-state index in [-0.39, 0.29) is 0 Å². The normalized spacial score (nSPS) is 15.9. The monoisotopic (exact) mass is 154 g/mol. The van der Waals surface area contributed by atoms with Gasteiger partial charge >= 0.3 is 0 Å². The molecule has 1 atom stereocenters. The van der Waals surface area contributed by atoms with Crippen LogP contribution >= 0.6 is 0 Å². The summed E-state index contributed by atoms with van der Waals surface area (Å²) in [6.45, 7) is 1.41. The van der Waals surface area contributed by atoms with Crippen molar-refractivity contribution in [3.8, 4) is 0 Å². The number of aryl methyl sites for hydroxylation is 1. The maximum absolute atomic E-state index is 10.4. The van der Waals surface area contributed by atoms with Gasteiger partial charge in [0.1, 0.15) is 5.82 Å². The van der Waals surface area contributed by atoms with Gasteiger partial charge in [-0.15, -0.1) is 0 Å². The van der Waals surface area contributed by atoms with Gasteiger partial charge in [-0.05, 0) is 6.92 Å².